The molecule has 27 heavy (non-hydrogen) atoms. The van der Waals surface area contributed by atoms with Crippen molar-refractivity contribution in [3.8, 4) is 6.07 Å². The molecule has 6 N–H and O–H groups in total. The molecule has 0 saturated carbocycles. The molecule has 156 valence electrons. The molecule has 0 amide bonds. The van der Waals surface area contributed by atoms with Crippen molar-refractivity contribution < 1.29 is 49.6 Å². The molecule has 0 aromatic rings. The highest BCUT2D eigenvalue weighted by Crippen LogP contribution is 2.28. The maximum atomic E-state index is 10.1. The number of aliphatic hydroxyl groups excluding tert-OH is 5. The fourth-order valence-corrected chi connectivity index (χ4v) is 2.77. The maximum Gasteiger partial charge on any atom is 0.188 e. The fourth-order valence-electron chi connectivity index (χ4n) is 2.77. The summed E-state index contributed by atoms with van der Waals surface area (Å²) in [4.78, 5) is 0. The minimum Gasteiger partial charge on any atom is -0.393 e. The van der Waals surface area contributed by atoms with Crippen molar-refractivity contribution in [1.29, 1.82) is 5.26 Å². The average molecular weight is 393 g/mol. The molecule has 2 saturated heterocycles. The van der Waals surface area contributed by atoms with E-state index in [0.29, 0.717) is 0 Å². The van der Waals surface area contributed by atoms with Gasteiger partial charge >= 0.3 is 0 Å². The number of aliphatic hydroxyl groups is 6. The van der Waals surface area contributed by atoms with Crippen molar-refractivity contribution in [2.45, 2.75) is 68.7 Å². The monoisotopic (exact) mass is 393 g/mol. The van der Waals surface area contributed by atoms with Gasteiger partial charge in [0, 0.05) is 0 Å². The minimum absolute atomic E-state index is 0.206. The Bertz CT molecular complexity index is 528. The van der Waals surface area contributed by atoms with Gasteiger partial charge < -0.3 is 49.6 Å². The molecular formula is C16H27NO10. The summed E-state index contributed by atoms with van der Waals surface area (Å²) in [5, 5.41) is 68.2. The zero-order valence-electron chi connectivity index (χ0n) is 15.1. The van der Waals surface area contributed by atoms with Gasteiger partial charge in [0.2, 0.25) is 0 Å². The van der Waals surface area contributed by atoms with E-state index in [-0.39, 0.29) is 19.1 Å². The van der Waals surface area contributed by atoms with E-state index in [4.69, 9.17) is 29.3 Å². The number of hydrogen-bond donors (Lipinski definition) is 6. The zero-order chi connectivity index (χ0) is 20.4. The predicted molar refractivity (Wildman–Crippen MR) is 85.7 cm³/mol. The lowest BCUT2D eigenvalue weighted by Gasteiger charge is -2.41. The van der Waals surface area contributed by atoms with Crippen LogP contribution >= 0.6 is 0 Å². The highest BCUT2D eigenvalue weighted by Gasteiger charge is 2.50. The highest BCUT2D eigenvalue weighted by molar-refractivity contribution is 4.95. The Morgan fingerprint density at radius 3 is 2.33 bits per heavy atom. The van der Waals surface area contributed by atoms with Crippen molar-refractivity contribution in [1.82, 2.24) is 0 Å². The van der Waals surface area contributed by atoms with E-state index in [9.17, 15) is 25.5 Å². The first-order valence-electron chi connectivity index (χ1n) is 8.64. The van der Waals surface area contributed by atoms with Crippen molar-refractivity contribution in [3.63, 3.8) is 0 Å². The SMILES string of the molecule is CC(C)C(C#N)O[C@@H]1O[C@H](CO[C@@H]2OC[C@](O)(CO)[C@H]2O)[C@@H](O)[C@H](O)[C@H]1O. The van der Waals surface area contributed by atoms with Gasteiger partial charge in [0.15, 0.2) is 12.6 Å². The van der Waals surface area contributed by atoms with Crippen LogP contribution in [-0.2, 0) is 18.9 Å². The Balaban J connectivity index is 1.98. The lowest BCUT2D eigenvalue weighted by atomic mass is 9.98. The second-order valence-electron chi connectivity index (χ2n) is 7.16. The Morgan fingerprint density at radius 1 is 1.15 bits per heavy atom. The predicted octanol–water partition coefficient (Wildman–Crippen LogP) is -3.18. The van der Waals surface area contributed by atoms with E-state index in [1.54, 1.807) is 13.8 Å². The molecule has 0 aliphatic carbocycles. The summed E-state index contributed by atoms with van der Waals surface area (Å²) in [5.74, 6) is -0.206. The summed E-state index contributed by atoms with van der Waals surface area (Å²) in [6.07, 6.45) is -11.0. The number of nitrogens with zero attached hydrogens (tertiary/aromatic N) is 1. The average Bonchev–Trinajstić information content (AvgIpc) is 2.93. The quantitative estimate of drug-likeness (QED) is 0.256. The fraction of sp³-hybridized carbons (Fsp3) is 0.938. The smallest absolute Gasteiger partial charge is 0.188 e. The molecule has 11 heteroatoms. The van der Waals surface area contributed by atoms with Crippen molar-refractivity contribution in [2.75, 3.05) is 19.8 Å². The Morgan fingerprint density at radius 2 is 1.81 bits per heavy atom. The maximum absolute atomic E-state index is 10.1. The standard InChI is InChI=1S/C16H27NO10/c1-7(2)8(3-17)26-14-12(21)11(20)10(19)9(27-14)4-24-15-13(22)16(23,5-18)6-25-15/h7-15,18-23H,4-6H2,1-2H3/t8?,9-,10-,11+,12-,13+,14-,15-,16-/m1/s1. The molecule has 0 spiro atoms. The van der Waals surface area contributed by atoms with Gasteiger partial charge in [-0.3, -0.25) is 0 Å². The van der Waals surface area contributed by atoms with Gasteiger partial charge in [0.25, 0.3) is 0 Å². The zero-order valence-corrected chi connectivity index (χ0v) is 15.1. The summed E-state index contributed by atoms with van der Waals surface area (Å²) in [7, 11) is 0. The van der Waals surface area contributed by atoms with Crippen molar-refractivity contribution in [3.05, 3.63) is 0 Å². The number of rotatable bonds is 7. The second-order valence-corrected chi connectivity index (χ2v) is 7.16. The normalized spacial score (nSPS) is 43.6. The van der Waals surface area contributed by atoms with Crippen molar-refractivity contribution in [2.24, 2.45) is 5.92 Å². The van der Waals surface area contributed by atoms with Crippen LogP contribution in [0.4, 0.5) is 0 Å². The van der Waals surface area contributed by atoms with E-state index in [0.717, 1.165) is 0 Å². The molecule has 2 aliphatic heterocycles. The molecule has 11 nitrogen and oxygen atoms in total. The summed E-state index contributed by atoms with van der Waals surface area (Å²) in [6.45, 7) is 2.00. The van der Waals surface area contributed by atoms with Gasteiger partial charge in [-0.05, 0) is 5.92 Å². The minimum atomic E-state index is -1.87. The molecule has 0 aromatic heterocycles. The molecule has 0 bridgehead atoms. The Labute approximate surface area is 156 Å². The van der Waals surface area contributed by atoms with Crippen LogP contribution in [0, 0.1) is 17.2 Å². The molecule has 2 aliphatic rings. The Kier molecular flexibility index (Phi) is 7.51. The van der Waals surface area contributed by atoms with Crippen LogP contribution in [0.3, 0.4) is 0 Å². The molecule has 2 fully saturated rings. The molecule has 9 atom stereocenters. The van der Waals surface area contributed by atoms with E-state index >= 15 is 0 Å². The van der Waals surface area contributed by atoms with Crippen LogP contribution in [0.5, 0.6) is 0 Å². The third kappa shape index (κ3) is 4.75. The van der Waals surface area contributed by atoms with Gasteiger partial charge in [-0.15, -0.1) is 0 Å². The van der Waals surface area contributed by atoms with Crippen LogP contribution < -0.4 is 0 Å². The number of hydrogen-bond acceptors (Lipinski definition) is 11. The summed E-state index contributed by atoms with van der Waals surface area (Å²) in [6, 6.07) is 1.92. The highest BCUT2D eigenvalue weighted by atomic mass is 16.7. The largest absolute Gasteiger partial charge is 0.393 e. The molecule has 0 radical (unpaired) electrons. The van der Waals surface area contributed by atoms with Gasteiger partial charge in [0.05, 0.1) is 25.9 Å². The molecule has 2 heterocycles. The van der Waals surface area contributed by atoms with E-state index in [2.05, 4.69) is 0 Å². The van der Waals surface area contributed by atoms with E-state index in [1.165, 1.54) is 0 Å². The summed E-state index contributed by atoms with van der Waals surface area (Å²) >= 11 is 0. The molecule has 2 rings (SSSR count). The Hall–Kier alpha value is -0.910. The number of ether oxygens (including phenoxy) is 4. The first-order chi connectivity index (χ1) is 12.6. The van der Waals surface area contributed by atoms with Crippen LogP contribution in [0.1, 0.15) is 13.8 Å². The first-order valence-corrected chi connectivity index (χ1v) is 8.64. The molecule has 0 aromatic carbocycles. The summed E-state index contributed by atoms with van der Waals surface area (Å²) < 4.78 is 21.2. The van der Waals surface area contributed by atoms with E-state index < -0.39 is 61.4 Å². The van der Waals surface area contributed by atoms with Gasteiger partial charge in [-0.2, -0.15) is 5.26 Å². The lowest BCUT2D eigenvalue weighted by molar-refractivity contribution is -0.317. The second kappa shape index (κ2) is 9.06. The van der Waals surface area contributed by atoms with Crippen LogP contribution in [0.25, 0.3) is 0 Å². The van der Waals surface area contributed by atoms with E-state index in [1.807, 2.05) is 6.07 Å². The number of nitriles is 1. The van der Waals surface area contributed by atoms with Gasteiger partial charge in [0.1, 0.15) is 42.2 Å². The summed E-state index contributed by atoms with van der Waals surface area (Å²) in [5.41, 5.74) is -1.87. The van der Waals surface area contributed by atoms with Crippen LogP contribution in [-0.4, -0.2) is 105 Å². The van der Waals surface area contributed by atoms with Crippen LogP contribution in [0.15, 0.2) is 0 Å². The third-order valence-electron chi connectivity index (χ3n) is 4.69. The first kappa shape index (κ1) is 22.4. The van der Waals surface area contributed by atoms with Gasteiger partial charge in [-0.25, -0.2) is 0 Å². The van der Waals surface area contributed by atoms with Gasteiger partial charge in [-0.1, -0.05) is 13.8 Å². The third-order valence-corrected chi connectivity index (χ3v) is 4.69. The molecular weight excluding hydrogens is 366 g/mol. The van der Waals surface area contributed by atoms with Crippen molar-refractivity contribution >= 4 is 0 Å². The topological polar surface area (TPSA) is 182 Å². The lowest BCUT2D eigenvalue weighted by Crippen LogP contribution is -2.60. The molecule has 1 unspecified atom stereocenters. The van der Waals surface area contributed by atoms with Crippen LogP contribution in [0.2, 0.25) is 0 Å².